The molecule has 1 atom stereocenters. The number of nitro groups is 1. The summed E-state index contributed by atoms with van der Waals surface area (Å²) < 4.78 is 5.49. The molecule has 0 bridgehead atoms. The first-order valence-corrected chi connectivity index (χ1v) is 11.1. The minimum absolute atomic E-state index is 0.147. The average Bonchev–Trinajstić information content (AvgIpc) is 3.27. The van der Waals surface area contributed by atoms with E-state index in [2.05, 4.69) is 20.5 Å². The number of piperidine rings is 1. The lowest BCUT2D eigenvalue weighted by atomic mass is 10.0. The SMILES string of the molecule is CN=C(NCCCCc1ccc([N+](=O)[O-])cc1)NC1CCN(CC2CCOC2)CC1. The van der Waals surface area contributed by atoms with Gasteiger partial charge in [-0.25, -0.2) is 0 Å². The van der Waals surface area contributed by atoms with Gasteiger partial charge in [-0.15, -0.1) is 0 Å². The van der Waals surface area contributed by atoms with Crippen molar-refractivity contribution in [2.45, 2.75) is 44.6 Å². The molecule has 2 saturated heterocycles. The average molecular weight is 418 g/mol. The third kappa shape index (κ3) is 7.25. The van der Waals surface area contributed by atoms with Gasteiger partial charge in [0, 0.05) is 58.0 Å². The Labute approximate surface area is 179 Å². The van der Waals surface area contributed by atoms with Gasteiger partial charge in [-0.3, -0.25) is 15.1 Å². The summed E-state index contributed by atoms with van der Waals surface area (Å²) in [6.45, 7) is 6.18. The first-order chi connectivity index (χ1) is 14.6. The van der Waals surface area contributed by atoms with E-state index in [4.69, 9.17) is 4.74 Å². The number of nitro benzene ring substituents is 1. The minimum Gasteiger partial charge on any atom is -0.381 e. The summed E-state index contributed by atoms with van der Waals surface area (Å²) in [6, 6.07) is 7.32. The number of nitrogens with zero attached hydrogens (tertiary/aromatic N) is 3. The maximum absolute atomic E-state index is 10.7. The van der Waals surface area contributed by atoms with E-state index in [-0.39, 0.29) is 10.6 Å². The number of benzene rings is 1. The molecule has 0 saturated carbocycles. The third-order valence-electron chi connectivity index (χ3n) is 6.02. The summed E-state index contributed by atoms with van der Waals surface area (Å²) in [5.74, 6) is 1.60. The van der Waals surface area contributed by atoms with Crippen LogP contribution in [-0.2, 0) is 11.2 Å². The van der Waals surface area contributed by atoms with Crippen molar-refractivity contribution >= 4 is 11.6 Å². The van der Waals surface area contributed by atoms with Gasteiger partial charge in [0.15, 0.2) is 5.96 Å². The lowest BCUT2D eigenvalue weighted by molar-refractivity contribution is -0.384. The van der Waals surface area contributed by atoms with E-state index < -0.39 is 0 Å². The van der Waals surface area contributed by atoms with Gasteiger partial charge in [-0.05, 0) is 50.0 Å². The fourth-order valence-corrected chi connectivity index (χ4v) is 4.19. The van der Waals surface area contributed by atoms with Crippen molar-refractivity contribution in [2.24, 2.45) is 10.9 Å². The maximum Gasteiger partial charge on any atom is 0.269 e. The number of nitrogens with one attached hydrogen (secondary N) is 2. The van der Waals surface area contributed by atoms with E-state index in [9.17, 15) is 10.1 Å². The Balaban J connectivity index is 1.27. The summed E-state index contributed by atoms with van der Waals surface area (Å²) in [5.41, 5.74) is 1.28. The molecule has 30 heavy (non-hydrogen) atoms. The van der Waals surface area contributed by atoms with Crippen molar-refractivity contribution in [1.82, 2.24) is 15.5 Å². The van der Waals surface area contributed by atoms with Crippen LogP contribution in [0, 0.1) is 16.0 Å². The van der Waals surface area contributed by atoms with Gasteiger partial charge in [0.25, 0.3) is 5.69 Å². The van der Waals surface area contributed by atoms with E-state index in [1.54, 1.807) is 12.1 Å². The van der Waals surface area contributed by atoms with Crippen LogP contribution in [-0.4, -0.2) is 68.3 Å². The highest BCUT2D eigenvalue weighted by molar-refractivity contribution is 5.79. The van der Waals surface area contributed by atoms with Gasteiger partial charge < -0.3 is 20.3 Å². The number of unbranched alkanes of at least 4 members (excludes halogenated alkanes) is 1. The quantitative estimate of drug-likeness (QED) is 0.211. The number of ether oxygens (including phenoxy) is 1. The second-order valence-corrected chi connectivity index (χ2v) is 8.33. The number of rotatable bonds is 9. The maximum atomic E-state index is 10.7. The Hall–Kier alpha value is -2.19. The number of aliphatic imine (C=N–C) groups is 1. The smallest absolute Gasteiger partial charge is 0.269 e. The third-order valence-corrected chi connectivity index (χ3v) is 6.02. The summed E-state index contributed by atoms with van der Waals surface area (Å²) in [6.07, 6.45) is 6.49. The molecule has 166 valence electrons. The van der Waals surface area contributed by atoms with Crippen LogP contribution in [0.1, 0.15) is 37.7 Å². The number of guanidine groups is 1. The molecule has 1 aromatic carbocycles. The molecule has 0 aliphatic carbocycles. The van der Waals surface area contributed by atoms with E-state index >= 15 is 0 Å². The molecule has 8 heteroatoms. The van der Waals surface area contributed by atoms with Crippen molar-refractivity contribution in [1.29, 1.82) is 0 Å². The van der Waals surface area contributed by atoms with E-state index in [0.29, 0.717) is 6.04 Å². The lowest BCUT2D eigenvalue weighted by Gasteiger charge is -2.34. The standard InChI is InChI=1S/C22H35N5O3/c1-23-22(24-12-3-2-4-18-5-7-21(8-6-18)27(28)29)25-20-9-13-26(14-10-20)16-19-11-15-30-17-19/h5-8,19-20H,2-4,9-17H2,1H3,(H2,23,24,25). The van der Waals surface area contributed by atoms with Crippen molar-refractivity contribution in [3.8, 4) is 0 Å². The first kappa shape index (κ1) is 22.5. The molecule has 2 aliphatic rings. The van der Waals surface area contributed by atoms with Crippen LogP contribution in [0.4, 0.5) is 5.69 Å². The molecule has 0 spiro atoms. The minimum atomic E-state index is -0.360. The number of hydrogen-bond acceptors (Lipinski definition) is 5. The molecular formula is C22H35N5O3. The van der Waals surface area contributed by atoms with E-state index in [1.807, 2.05) is 19.2 Å². The van der Waals surface area contributed by atoms with Crippen LogP contribution >= 0.6 is 0 Å². The van der Waals surface area contributed by atoms with Gasteiger partial charge >= 0.3 is 0 Å². The molecule has 2 aliphatic heterocycles. The zero-order valence-corrected chi connectivity index (χ0v) is 18.0. The number of hydrogen-bond donors (Lipinski definition) is 2. The molecule has 2 fully saturated rings. The zero-order chi connectivity index (χ0) is 21.2. The van der Waals surface area contributed by atoms with Crippen LogP contribution < -0.4 is 10.6 Å². The molecule has 0 radical (unpaired) electrons. The van der Waals surface area contributed by atoms with Gasteiger partial charge in [0.2, 0.25) is 0 Å². The van der Waals surface area contributed by atoms with E-state index in [1.165, 1.54) is 13.0 Å². The first-order valence-electron chi connectivity index (χ1n) is 11.1. The molecule has 8 nitrogen and oxygen atoms in total. The van der Waals surface area contributed by atoms with Crippen LogP contribution in [0.3, 0.4) is 0 Å². The second kappa shape index (κ2) is 11.9. The van der Waals surface area contributed by atoms with Crippen LogP contribution in [0.5, 0.6) is 0 Å². The number of likely N-dealkylation sites (tertiary alicyclic amines) is 1. The Morgan fingerprint density at radius 2 is 2.00 bits per heavy atom. The summed E-state index contributed by atoms with van der Waals surface area (Å²) in [7, 11) is 1.82. The van der Waals surface area contributed by atoms with Crippen LogP contribution in [0.2, 0.25) is 0 Å². The fraction of sp³-hybridized carbons (Fsp3) is 0.682. The Morgan fingerprint density at radius 1 is 1.23 bits per heavy atom. The monoisotopic (exact) mass is 417 g/mol. The molecule has 0 amide bonds. The number of aryl methyl sites for hydroxylation is 1. The largest absolute Gasteiger partial charge is 0.381 e. The zero-order valence-electron chi connectivity index (χ0n) is 18.0. The van der Waals surface area contributed by atoms with Gasteiger partial charge in [0.05, 0.1) is 11.5 Å². The second-order valence-electron chi connectivity index (χ2n) is 8.33. The fourth-order valence-electron chi connectivity index (χ4n) is 4.19. The van der Waals surface area contributed by atoms with Gasteiger partial charge in [-0.1, -0.05) is 12.1 Å². The Bertz CT molecular complexity index is 681. The number of non-ortho nitro benzene ring substituents is 1. The highest BCUT2D eigenvalue weighted by atomic mass is 16.6. The molecule has 2 heterocycles. The van der Waals surface area contributed by atoms with Crippen molar-refractivity contribution in [2.75, 3.05) is 46.4 Å². The van der Waals surface area contributed by atoms with Gasteiger partial charge in [0.1, 0.15) is 0 Å². The molecular weight excluding hydrogens is 382 g/mol. The molecule has 0 aromatic heterocycles. The molecule has 3 rings (SSSR count). The Morgan fingerprint density at radius 3 is 2.63 bits per heavy atom. The predicted octanol–water partition coefficient (Wildman–Crippen LogP) is 2.58. The van der Waals surface area contributed by atoms with Crippen molar-refractivity contribution < 1.29 is 9.66 Å². The molecule has 1 unspecified atom stereocenters. The van der Waals surface area contributed by atoms with Gasteiger partial charge in [-0.2, -0.15) is 0 Å². The summed E-state index contributed by atoms with van der Waals surface area (Å²) >= 11 is 0. The lowest BCUT2D eigenvalue weighted by Crippen LogP contribution is -2.49. The Kier molecular flexibility index (Phi) is 8.89. The van der Waals surface area contributed by atoms with Crippen molar-refractivity contribution in [3.05, 3.63) is 39.9 Å². The highest BCUT2D eigenvalue weighted by Crippen LogP contribution is 2.18. The molecule has 2 N–H and O–H groups in total. The molecule has 1 aromatic rings. The highest BCUT2D eigenvalue weighted by Gasteiger charge is 2.24. The predicted molar refractivity (Wildman–Crippen MR) is 119 cm³/mol. The van der Waals surface area contributed by atoms with Crippen molar-refractivity contribution in [3.63, 3.8) is 0 Å². The van der Waals surface area contributed by atoms with Crippen LogP contribution in [0.15, 0.2) is 29.3 Å². The normalized spacial score (nSPS) is 21.0. The van der Waals surface area contributed by atoms with Crippen LogP contribution in [0.25, 0.3) is 0 Å². The summed E-state index contributed by atoms with van der Waals surface area (Å²) in [4.78, 5) is 17.3. The van der Waals surface area contributed by atoms with E-state index in [0.717, 1.165) is 82.4 Å². The topological polar surface area (TPSA) is 92.0 Å². The summed E-state index contributed by atoms with van der Waals surface area (Å²) in [5, 5.41) is 17.7.